The van der Waals surface area contributed by atoms with E-state index in [1.807, 2.05) is 65.4 Å². The smallest absolute Gasteiger partial charge is 0.269 e. The molecule has 142 valence electrons. The van der Waals surface area contributed by atoms with E-state index in [1.165, 1.54) is 0 Å². The molecule has 0 fully saturated rings. The molecule has 1 aromatic carbocycles. The molecule has 3 aromatic heterocycles. The fourth-order valence-corrected chi connectivity index (χ4v) is 3.50. The van der Waals surface area contributed by atoms with Crippen molar-refractivity contribution in [1.82, 2.24) is 30.1 Å². The molecule has 0 aliphatic carbocycles. The Labute approximate surface area is 166 Å². The Kier molecular flexibility index (Phi) is 5.38. The van der Waals surface area contributed by atoms with E-state index in [4.69, 9.17) is 0 Å². The number of aromatic nitrogens is 5. The molecule has 7 nitrogen and oxygen atoms in total. The molecule has 0 saturated carbocycles. The van der Waals surface area contributed by atoms with Gasteiger partial charge in [-0.2, -0.15) is 16.9 Å². The standard InChI is InChI=1S/C20H20N6OS/c1-28-12-10-15(19-25-24-18-9-5-6-11-26(18)19)21-20(27)17-13-16(22-23-17)14-7-3-2-4-8-14/h2-9,11,13,15H,10,12H2,1H3,(H,21,27)(H,22,23). The van der Waals surface area contributed by atoms with Gasteiger partial charge in [-0.05, 0) is 36.6 Å². The SMILES string of the molecule is CSCCC(NC(=O)c1cc(-c2ccccc2)n[nH]1)c1nnc2ccccn12. The van der Waals surface area contributed by atoms with Crippen LogP contribution in [-0.2, 0) is 0 Å². The zero-order valence-corrected chi connectivity index (χ0v) is 16.2. The number of carbonyl (C=O) groups is 1. The van der Waals surface area contributed by atoms with Crippen LogP contribution in [0.1, 0.15) is 28.8 Å². The third-order valence-corrected chi connectivity index (χ3v) is 5.10. The lowest BCUT2D eigenvalue weighted by molar-refractivity contribution is 0.0928. The van der Waals surface area contributed by atoms with E-state index in [9.17, 15) is 4.79 Å². The maximum Gasteiger partial charge on any atom is 0.269 e. The highest BCUT2D eigenvalue weighted by Gasteiger charge is 2.22. The number of benzene rings is 1. The summed E-state index contributed by atoms with van der Waals surface area (Å²) in [5.41, 5.74) is 2.87. The summed E-state index contributed by atoms with van der Waals surface area (Å²) in [4.78, 5) is 12.8. The first kappa shape index (κ1) is 18.2. The first-order valence-corrected chi connectivity index (χ1v) is 10.4. The Morgan fingerprint density at radius 1 is 1.18 bits per heavy atom. The Bertz CT molecular complexity index is 1070. The number of nitrogens with zero attached hydrogens (tertiary/aromatic N) is 4. The Balaban J connectivity index is 1.57. The van der Waals surface area contributed by atoms with Crippen LogP contribution in [0.5, 0.6) is 0 Å². The van der Waals surface area contributed by atoms with Crippen molar-refractivity contribution in [2.75, 3.05) is 12.0 Å². The number of aromatic amines is 1. The van der Waals surface area contributed by atoms with Gasteiger partial charge < -0.3 is 5.32 Å². The lowest BCUT2D eigenvalue weighted by atomic mass is 10.1. The summed E-state index contributed by atoms with van der Waals surface area (Å²) in [6.07, 6.45) is 4.71. The average Bonchev–Trinajstić information content (AvgIpc) is 3.39. The Morgan fingerprint density at radius 3 is 2.82 bits per heavy atom. The number of hydrogen-bond acceptors (Lipinski definition) is 5. The van der Waals surface area contributed by atoms with Crippen molar-refractivity contribution >= 4 is 23.3 Å². The van der Waals surface area contributed by atoms with Gasteiger partial charge in [-0.15, -0.1) is 10.2 Å². The topological polar surface area (TPSA) is 88.0 Å². The molecule has 8 heteroatoms. The van der Waals surface area contributed by atoms with Crippen LogP contribution in [0.3, 0.4) is 0 Å². The maximum absolute atomic E-state index is 12.8. The van der Waals surface area contributed by atoms with Gasteiger partial charge in [0.05, 0.1) is 11.7 Å². The van der Waals surface area contributed by atoms with E-state index in [0.29, 0.717) is 5.69 Å². The van der Waals surface area contributed by atoms with Gasteiger partial charge in [0.15, 0.2) is 11.5 Å². The van der Waals surface area contributed by atoms with Crippen LogP contribution in [0, 0.1) is 0 Å². The summed E-state index contributed by atoms with van der Waals surface area (Å²) in [6.45, 7) is 0. The predicted molar refractivity (Wildman–Crippen MR) is 110 cm³/mol. The van der Waals surface area contributed by atoms with Crippen LogP contribution in [0.2, 0.25) is 0 Å². The predicted octanol–water partition coefficient (Wildman–Crippen LogP) is 3.34. The van der Waals surface area contributed by atoms with Crippen LogP contribution in [0.4, 0.5) is 0 Å². The molecule has 1 unspecified atom stereocenters. The van der Waals surface area contributed by atoms with Crippen molar-refractivity contribution in [2.24, 2.45) is 0 Å². The molecule has 0 spiro atoms. The molecule has 0 radical (unpaired) electrons. The number of H-pyrrole nitrogens is 1. The molecule has 4 rings (SSSR count). The summed E-state index contributed by atoms with van der Waals surface area (Å²) < 4.78 is 1.91. The maximum atomic E-state index is 12.8. The summed E-state index contributed by atoms with van der Waals surface area (Å²) >= 11 is 1.73. The Morgan fingerprint density at radius 2 is 2.00 bits per heavy atom. The molecule has 4 aromatic rings. The van der Waals surface area contributed by atoms with Gasteiger partial charge in [0, 0.05) is 11.8 Å². The molecule has 2 N–H and O–H groups in total. The summed E-state index contributed by atoms with van der Waals surface area (Å²) in [6, 6.07) is 17.0. The third-order valence-electron chi connectivity index (χ3n) is 4.46. The number of amides is 1. The zero-order valence-electron chi connectivity index (χ0n) is 15.4. The highest BCUT2D eigenvalue weighted by Crippen LogP contribution is 2.20. The van der Waals surface area contributed by atoms with E-state index < -0.39 is 0 Å². The molecular formula is C20H20N6OS. The van der Waals surface area contributed by atoms with Crippen molar-refractivity contribution in [3.05, 3.63) is 72.3 Å². The molecule has 0 bridgehead atoms. The number of pyridine rings is 1. The number of thioether (sulfide) groups is 1. The van der Waals surface area contributed by atoms with Gasteiger partial charge in [-0.1, -0.05) is 36.4 Å². The number of carbonyl (C=O) groups excluding carboxylic acids is 1. The minimum Gasteiger partial charge on any atom is -0.341 e. The second-order valence-electron chi connectivity index (χ2n) is 6.33. The van der Waals surface area contributed by atoms with Gasteiger partial charge in [-0.3, -0.25) is 14.3 Å². The minimum atomic E-state index is -0.249. The van der Waals surface area contributed by atoms with Crippen LogP contribution in [-0.4, -0.2) is 42.7 Å². The van der Waals surface area contributed by atoms with Gasteiger partial charge >= 0.3 is 0 Å². The van der Waals surface area contributed by atoms with E-state index in [-0.39, 0.29) is 11.9 Å². The van der Waals surface area contributed by atoms with E-state index >= 15 is 0 Å². The van der Waals surface area contributed by atoms with Crippen molar-refractivity contribution in [2.45, 2.75) is 12.5 Å². The average molecular weight is 392 g/mol. The first-order chi connectivity index (χ1) is 13.8. The lowest BCUT2D eigenvalue weighted by Gasteiger charge is -2.16. The fraction of sp³-hybridized carbons (Fsp3) is 0.200. The van der Waals surface area contributed by atoms with E-state index in [2.05, 4.69) is 25.7 Å². The number of nitrogens with one attached hydrogen (secondary N) is 2. The highest BCUT2D eigenvalue weighted by molar-refractivity contribution is 7.98. The van der Waals surface area contributed by atoms with Crippen molar-refractivity contribution in [3.63, 3.8) is 0 Å². The highest BCUT2D eigenvalue weighted by atomic mass is 32.2. The third kappa shape index (κ3) is 3.77. The molecule has 0 aliphatic heterocycles. The van der Waals surface area contributed by atoms with Crippen LogP contribution in [0.15, 0.2) is 60.8 Å². The Hall–Kier alpha value is -3.13. The molecule has 28 heavy (non-hydrogen) atoms. The summed E-state index contributed by atoms with van der Waals surface area (Å²) in [5, 5.41) is 18.7. The molecule has 0 saturated heterocycles. The largest absolute Gasteiger partial charge is 0.341 e. The van der Waals surface area contributed by atoms with Gasteiger partial charge in [0.2, 0.25) is 0 Å². The molecule has 1 atom stereocenters. The van der Waals surface area contributed by atoms with E-state index in [1.54, 1.807) is 17.8 Å². The van der Waals surface area contributed by atoms with Crippen LogP contribution in [0.25, 0.3) is 16.9 Å². The van der Waals surface area contributed by atoms with Gasteiger partial charge in [0.25, 0.3) is 5.91 Å². The minimum absolute atomic E-state index is 0.214. The number of fused-ring (bicyclic) bond motifs is 1. The second kappa shape index (κ2) is 8.26. The summed E-state index contributed by atoms with van der Waals surface area (Å²) in [5.74, 6) is 1.40. The van der Waals surface area contributed by atoms with Gasteiger partial charge in [0.1, 0.15) is 5.69 Å². The van der Waals surface area contributed by atoms with Crippen molar-refractivity contribution in [3.8, 4) is 11.3 Å². The summed E-state index contributed by atoms with van der Waals surface area (Å²) in [7, 11) is 0. The molecule has 3 heterocycles. The molecule has 0 aliphatic rings. The van der Waals surface area contributed by atoms with Crippen LogP contribution < -0.4 is 5.32 Å². The van der Waals surface area contributed by atoms with Crippen LogP contribution >= 0.6 is 11.8 Å². The van der Waals surface area contributed by atoms with Gasteiger partial charge in [-0.25, -0.2) is 0 Å². The zero-order chi connectivity index (χ0) is 19.3. The number of hydrogen-bond donors (Lipinski definition) is 2. The monoisotopic (exact) mass is 392 g/mol. The second-order valence-corrected chi connectivity index (χ2v) is 7.31. The normalized spacial score (nSPS) is 12.2. The lowest BCUT2D eigenvalue weighted by Crippen LogP contribution is -2.30. The van der Waals surface area contributed by atoms with Crippen molar-refractivity contribution < 1.29 is 4.79 Å². The quantitative estimate of drug-likeness (QED) is 0.504. The van der Waals surface area contributed by atoms with E-state index in [0.717, 1.165) is 34.9 Å². The molecule has 1 amide bonds. The van der Waals surface area contributed by atoms with Crippen molar-refractivity contribution in [1.29, 1.82) is 0 Å². The number of rotatable bonds is 7. The molecular weight excluding hydrogens is 372 g/mol. The fourth-order valence-electron chi connectivity index (χ4n) is 3.03. The first-order valence-electron chi connectivity index (χ1n) is 8.96.